The van der Waals surface area contributed by atoms with E-state index in [-0.39, 0.29) is 10.8 Å². The van der Waals surface area contributed by atoms with Crippen LogP contribution in [0.1, 0.15) is 68.0 Å². The minimum Gasteiger partial charge on any atom is -0.309 e. The number of fused-ring (bicyclic) bond motifs is 2. The molecule has 48 heavy (non-hydrogen) atoms. The third kappa shape index (κ3) is 3.44. The summed E-state index contributed by atoms with van der Waals surface area (Å²) >= 11 is 5.58. The van der Waals surface area contributed by atoms with Crippen LogP contribution in [0, 0.1) is 0 Å². The summed E-state index contributed by atoms with van der Waals surface area (Å²) in [5.41, 5.74) is 16.8. The summed E-state index contributed by atoms with van der Waals surface area (Å²) in [7, 11) is 0. The zero-order chi connectivity index (χ0) is 32.7. The Hall–Kier alpha value is -4.79. The van der Waals surface area contributed by atoms with E-state index in [0.717, 1.165) is 0 Å². The molecule has 0 saturated carbocycles. The van der Waals surface area contributed by atoms with Crippen molar-refractivity contribution < 1.29 is 0 Å². The molecule has 0 amide bonds. The molecule has 1 nitrogen and oxygen atoms in total. The van der Waals surface area contributed by atoms with Crippen molar-refractivity contribution in [2.45, 2.75) is 50.2 Å². The first-order valence-electron chi connectivity index (χ1n) is 17.1. The first-order valence-corrected chi connectivity index (χ1v) is 17.5. The van der Waals surface area contributed by atoms with E-state index in [1.807, 2.05) is 0 Å². The van der Waals surface area contributed by atoms with Crippen molar-refractivity contribution in [1.29, 1.82) is 0 Å². The number of hydrogen-bond acceptors (Lipinski definition) is 2. The fraction of sp³-hybridized carbons (Fsp3) is 0.174. The highest BCUT2D eigenvalue weighted by Gasteiger charge is 2.52. The molecule has 0 N–H and O–H groups in total. The summed E-state index contributed by atoms with van der Waals surface area (Å²) in [6.07, 6.45) is 0. The Morgan fingerprint density at radius 2 is 0.917 bits per heavy atom. The lowest BCUT2D eigenvalue weighted by molar-refractivity contribution is 0.588. The molecule has 0 aromatic heterocycles. The van der Waals surface area contributed by atoms with Crippen LogP contribution in [0.15, 0.2) is 127 Å². The van der Waals surface area contributed by atoms with Crippen molar-refractivity contribution in [2.24, 2.45) is 0 Å². The van der Waals surface area contributed by atoms with Crippen LogP contribution in [0.3, 0.4) is 0 Å². The van der Waals surface area contributed by atoms with E-state index < -0.39 is 4.75 Å². The van der Waals surface area contributed by atoms with Gasteiger partial charge in [-0.25, -0.2) is 0 Å². The normalized spacial score (nSPS) is 19.0. The Labute approximate surface area is 288 Å². The molecule has 1 atom stereocenters. The van der Waals surface area contributed by atoms with Gasteiger partial charge in [-0.15, -0.1) is 0 Å². The maximum absolute atomic E-state index is 5.58. The van der Waals surface area contributed by atoms with Crippen molar-refractivity contribution >= 4 is 51.2 Å². The average Bonchev–Trinajstić information content (AvgIpc) is 3.10. The van der Waals surface area contributed by atoms with Crippen LogP contribution in [-0.4, -0.2) is 0 Å². The summed E-state index contributed by atoms with van der Waals surface area (Å²) in [6, 6.07) is 47.8. The van der Waals surface area contributed by atoms with Crippen LogP contribution in [0.4, 0.5) is 17.1 Å². The van der Waals surface area contributed by atoms with E-state index in [0.29, 0.717) is 0 Å². The largest absolute Gasteiger partial charge is 0.309 e. The van der Waals surface area contributed by atoms with E-state index in [2.05, 4.69) is 167 Å². The van der Waals surface area contributed by atoms with E-state index in [1.165, 1.54) is 94.2 Å². The van der Waals surface area contributed by atoms with Crippen molar-refractivity contribution in [3.63, 3.8) is 0 Å². The third-order valence-electron chi connectivity index (χ3n) is 11.9. The monoisotopic (exact) mass is 635 g/mol. The summed E-state index contributed by atoms with van der Waals surface area (Å²) in [5, 5.41) is 5.07. The molecule has 3 heterocycles. The Morgan fingerprint density at radius 3 is 1.58 bits per heavy atom. The fourth-order valence-electron chi connectivity index (χ4n) is 9.28. The minimum absolute atomic E-state index is 0.117. The number of para-hydroxylation sites is 2. The second-order valence-electron chi connectivity index (χ2n) is 15.2. The van der Waals surface area contributed by atoms with E-state index >= 15 is 0 Å². The van der Waals surface area contributed by atoms with E-state index in [1.54, 1.807) is 0 Å². The molecule has 3 aliphatic heterocycles. The second kappa shape index (κ2) is 9.21. The number of benzene rings is 7. The van der Waals surface area contributed by atoms with Gasteiger partial charge >= 0.3 is 0 Å². The summed E-state index contributed by atoms with van der Waals surface area (Å²) in [4.78, 5) is 2.61. The Balaban J connectivity index is 1.26. The zero-order valence-electron chi connectivity index (χ0n) is 28.0. The first kappa shape index (κ1) is 28.2. The van der Waals surface area contributed by atoms with Gasteiger partial charge in [0.2, 0.25) is 0 Å². The molecule has 1 unspecified atom stereocenters. The third-order valence-corrected chi connectivity index (χ3v) is 12.4. The Kier molecular flexibility index (Phi) is 5.42. The molecule has 10 rings (SSSR count). The molecular weight excluding hydrogens is 599 g/mol. The molecule has 0 radical (unpaired) electrons. The van der Waals surface area contributed by atoms with Gasteiger partial charge in [-0.2, -0.15) is 12.6 Å². The second-order valence-corrected chi connectivity index (χ2v) is 16.1. The molecule has 3 aliphatic rings. The van der Waals surface area contributed by atoms with Crippen LogP contribution in [0.5, 0.6) is 0 Å². The predicted octanol–water partition coefficient (Wildman–Crippen LogP) is 12.6. The molecule has 7 aromatic rings. The van der Waals surface area contributed by atoms with Gasteiger partial charge in [0, 0.05) is 10.8 Å². The molecule has 0 aliphatic carbocycles. The lowest BCUT2D eigenvalue weighted by Crippen LogP contribution is -2.43. The average molecular weight is 636 g/mol. The molecule has 0 bridgehead atoms. The smallest absolute Gasteiger partial charge is 0.0640 e. The van der Waals surface area contributed by atoms with Gasteiger partial charge in [0.05, 0.1) is 21.8 Å². The molecular formula is C46H37NS. The van der Waals surface area contributed by atoms with Crippen LogP contribution in [0.2, 0.25) is 0 Å². The number of hydrogen-bond donors (Lipinski definition) is 1. The minimum atomic E-state index is -0.473. The highest BCUT2D eigenvalue weighted by molar-refractivity contribution is 7.81. The lowest BCUT2D eigenvalue weighted by atomic mass is 9.63. The molecule has 0 spiro atoms. The highest BCUT2D eigenvalue weighted by Crippen LogP contribution is 2.67. The molecule has 0 saturated heterocycles. The number of rotatable bonds is 2. The molecule has 7 aromatic carbocycles. The summed E-state index contributed by atoms with van der Waals surface area (Å²) in [5.74, 6) is 0. The first-order chi connectivity index (χ1) is 23.1. The van der Waals surface area contributed by atoms with Crippen LogP contribution < -0.4 is 4.90 Å². The van der Waals surface area contributed by atoms with Crippen molar-refractivity contribution in [2.75, 3.05) is 4.90 Å². The van der Waals surface area contributed by atoms with Gasteiger partial charge < -0.3 is 4.90 Å². The van der Waals surface area contributed by atoms with Gasteiger partial charge in [-0.1, -0.05) is 137 Å². The molecule has 2 heteroatoms. The predicted molar refractivity (Wildman–Crippen MR) is 207 cm³/mol. The van der Waals surface area contributed by atoms with Crippen molar-refractivity contribution in [3.05, 3.63) is 161 Å². The van der Waals surface area contributed by atoms with Crippen LogP contribution >= 0.6 is 12.6 Å². The Morgan fingerprint density at radius 1 is 0.417 bits per heavy atom. The summed E-state index contributed by atoms with van der Waals surface area (Å²) in [6.45, 7) is 11.9. The number of thiol groups is 1. The van der Waals surface area contributed by atoms with Gasteiger partial charge in [0.25, 0.3) is 0 Å². The van der Waals surface area contributed by atoms with Crippen LogP contribution in [-0.2, 0) is 15.6 Å². The zero-order valence-corrected chi connectivity index (χ0v) is 28.9. The molecule has 0 fully saturated rings. The van der Waals surface area contributed by atoms with Crippen LogP contribution in [0.25, 0.3) is 43.8 Å². The highest BCUT2D eigenvalue weighted by atomic mass is 32.1. The SMILES string of the molecule is CC1(C)c2cccc3c2N2c4c1cccc4C(C)(S)c1cc(-c4ccc(-c5ccc6ccccc6c5)c5ccccc45)cc(c12)C3(C)C. The van der Waals surface area contributed by atoms with Gasteiger partial charge in [-0.05, 0) is 102 Å². The van der Waals surface area contributed by atoms with E-state index in [4.69, 9.17) is 12.6 Å². The topological polar surface area (TPSA) is 3.24 Å². The van der Waals surface area contributed by atoms with Crippen molar-refractivity contribution in [3.8, 4) is 22.3 Å². The van der Waals surface area contributed by atoms with Gasteiger partial charge in [0.15, 0.2) is 0 Å². The summed E-state index contributed by atoms with van der Waals surface area (Å²) < 4.78 is -0.473. The Bertz CT molecular complexity index is 2460. The van der Waals surface area contributed by atoms with Gasteiger partial charge in [0.1, 0.15) is 0 Å². The number of anilines is 3. The quantitative estimate of drug-likeness (QED) is 0.185. The lowest BCUT2D eigenvalue weighted by Gasteiger charge is -2.54. The number of nitrogens with zero attached hydrogens (tertiary/aromatic N) is 1. The van der Waals surface area contributed by atoms with Crippen molar-refractivity contribution in [1.82, 2.24) is 0 Å². The van der Waals surface area contributed by atoms with Gasteiger partial charge in [-0.3, -0.25) is 0 Å². The van der Waals surface area contributed by atoms with E-state index in [9.17, 15) is 0 Å². The molecule has 232 valence electrons. The maximum atomic E-state index is 5.58. The fourth-order valence-corrected chi connectivity index (χ4v) is 9.63. The maximum Gasteiger partial charge on any atom is 0.0640 e. The standard InChI is InChI=1S/C46H37NS/c1-44(2)35-16-10-17-36-41(35)47-42-37(44)18-11-19-38(42)46(5,48)40-26-30(25-39(43(40)47)45(36,3)4)32-23-22-31(33-14-8-9-15-34(32)33)29-21-20-27-12-6-7-13-28(27)24-29/h6-26,48H,1-5H3.